The molecule has 9 heteroatoms. The highest BCUT2D eigenvalue weighted by molar-refractivity contribution is 5.79. The van der Waals surface area contributed by atoms with Crippen LogP contribution in [0.4, 0.5) is 13.2 Å². The molecule has 120 valence electrons. The Bertz CT molecular complexity index is 677. The summed E-state index contributed by atoms with van der Waals surface area (Å²) >= 11 is 0. The Morgan fingerprint density at radius 2 is 1.77 bits per heavy atom. The molecule has 0 fully saturated rings. The van der Waals surface area contributed by atoms with Gasteiger partial charge in [0.25, 0.3) is 0 Å². The fraction of sp³-hybridized carbons (Fsp3) is 0.462. The van der Waals surface area contributed by atoms with Gasteiger partial charge < -0.3 is 9.80 Å². The van der Waals surface area contributed by atoms with Crippen LogP contribution in [0.2, 0.25) is 0 Å². The molecule has 0 amide bonds. The molecule has 0 aromatic carbocycles. The number of halogens is 3. The first-order chi connectivity index (χ1) is 10.2. The molecule has 0 aliphatic rings. The van der Waals surface area contributed by atoms with E-state index in [1.807, 2.05) is 38.0 Å². The van der Waals surface area contributed by atoms with Crippen LogP contribution < -0.4 is 0 Å². The quantitative estimate of drug-likeness (QED) is 0.626. The average molecular weight is 314 g/mol. The van der Waals surface area contributed by atoms with Crippen LogP contribution in [-0.2, 0) is 12.7 Å². The zero-order chi connectivity index (χ0) is 16.5. The fourth-order valence-electron chi connectivity index (χ4n) is 2.04. The number of nitrogens with zero attached hydrogens (tertiary/aromatic N) is 6. The number of rotatable bonds is 2. The van der Waals surface area contributed by atoms with Crippen molar-refractivity contribution in [2.24, 2.45) is 4.99 Å². The normalized spacial score (nSPS) is 11.6. The molecule has 0 spiro atoms. The van der Waals surface area contributed by atoms with Crippen molar-refractivity contribution in [2.75, 3.05) is 28.2 Å². The van der Waals surface area contributed by atoms with E-state index in [4.69, 9.17) is 0 Å². The summed E-state index contributed by atoms with van der Waals surface area (Å²) in [6.07, 6.45) is -3.41. The van der Waals surface area contributed by atoms with Gasteiger partial charge in [0, 0.05) is 34.4 Å². The van der Waals surface area contributed by atoms with Crippen molar-refractivity contribution >= 4 is 11.6 Å². The van der Waals surface area contributed by atoms with Crippen LogP contribution in [0.15, 0.2) is 23.3 Å². The van der Waals surface area contributed by atoms with E-state index in [-0.39, 0.29) is 6.54 Å². The third-order valence-electron chi connectivity index (χ3n) is 2.96. The van der Waals surface area contributed by atoms with E-state index in [2.05, 4.69) is 15.2 Å². The average Bonchev–Trinajstić information content (AvgIpc) is 2.79. The number of hydrogen-bond acceptors (Lipinski definition) is 3. The van der Waals surface area contributed by atoms with E-state index in [1.54, 1.807) is 0 Å². The van der Waals surface area contributed by atoms with E-state index >= 15 is 0 Å². The Hall–Kier alpha value is -2.32. The molecular weight excluding hydrogens is 297 g/mol. The van der Waals surface area contributed by atoms with Crippen molar-refractivity contribution in [3.63, 3.8) is 0 Å². The van der Waals surface area contributed by atoms with Gasteiger partial charge in [-0.05, 0) is 12.1 Å². The largest absolute Gasteiger partial charge is 0.417 e. The van der Waals surface area contributed by atoms with Crippen molar-refractivity contribution in [3.05, 3.63) is 29.7 Å². The molecule has 2 rings (SSSR count). The lowest BCUT2D eigenvalue weighted by Gasteiger charge is -2.22. The van der Waals surface area contributed by atoms with Crippen molar-refractivity contribution in [1.82, 2.24) is 24.4 Å². The molecule has 2 aromatic rings. The first-order valence-corrected chi connectivity index (χ1v) is 6.50. The molecule has 0 saturated carbocycles. The van der Waals surface area contributed by atoms with Crippen LogP contribution >= 0.6 is 0 Å². The molecule has 0 atom stereocenters. The molecule has 0 aliphatic heterocycles. The van der Waals surface area contributed by atoms with Gasteiger partial charge >= 0.3 is 6.18 Å². The molecule has 0 unspecified atom stereocenters. The number of aliphatic imine (C=N–C) groups is 1. The topological polar surface area (TPSA) is 49.0 Å². The van der Waals surface area contributed by atoms with E-state index in [0.29, 0.717) is 17.4 Å². The van der Waals surface area contributed by atoms with Gasteiger partial charge in [-0.1, -0.05) is 0 Å². The second-order valence-corrected chi connectivity index (χ2v) is 5.17. The summed E-state index contributed by atoms with van der Waals surface area (Å²) in [6.45, 7) is 0.133. The molecule has 0 saturated heterocycles. The lowest BCUT2D eigenvalue weighted by atomic mass is 10.3. The Balaban J connectivity index is 2.38. The lowest BCUT2D eigenvalue weighted by Crippen LogP contribution is -2.35. The second-order valence-electron chi connectivity index (χ2n) is 5.17. The summed E-state index contributed by atoms with van der Waals surface area (Å²) in [6, 6.07) is 2.28. The SMILES string of the molecule is CN(C)C(=NCc1nnc2ccc(C(F)(F)F)cn12)N(C)C. The molecule has 0 aliphatic carbocycles. The summed E-state index contributed by atoms with van der Waals surface area (Å²) in [5, 5.41) is 7.77. The predicted molar refractivity (Wildman–Crippen MR) is 76.5 cm³/mol. The maximum atomic E-state index is 12.8. The van der Waals surface area contributed by atoms with Gasteiger partial charge in [-0.25, -0.2) is 4.99 Å². The van der Waals surface area contributed by atoms with Crippen molar-refractivity contribution in [1.29, 1.82) is 0 Å². The van der Waals surface area contributed by atoms with Gasteiger partial charge in [-0.3, -0.25) is 4.40 Å². The van der Waals surface area contributed by atoms with E-state index in [1.165, 1.54) is 10.5 Å². The van der Waals surface area contributed by atoms with Crippen LogP contribution in [0.1, 0.15) is 11.4 Å². The molecule has 2 heterocycles. The summed E-state index contributed by atoms with van der Waals surface area (Å²) < 4.78 is 39.7. The number of guanidine groups is 1. The Morgan fingerprint density at radius 3 is 2.32 bits per heavy atom. The zero-order valence-electron chi connectivity index (χ0n) is 12.8. The number of pyridine rings is 1. The molecule has 2 aromatic heterocycles. The highest BCUT2D eigenvalue weighted by Gasteiger charge is 2.31. The zero-order valence-corrected chi connectivity index (χ0v) is 12.8. The second kappa shape index (κ2) is 5.82. The molecule has 0 bridgehead atoms. The lowest BCUT2D eigenvalue weighted by molar-refractivity contribution is -0.137. The Kier molecular flexibility index (Phi) is 4.25. The van der Waals surface area contributed by atoms with Gasteiger partial charge in [-0.15, -0.1) is 10.2 Å². The smallest absolute Gasteiger partial charge is 0.349 e. The minimum absolute atomic E-state index is 0.133. The third kappa shape index (κ3) is 3.29. The van der Waals surface area contributed by atoms with Crippen LogP contribution in [0.3, 0.4) is 0 Å². The van der Waals surface area contributed by atoms with Crippen LogP contribution in [0, 0.1) is 0 Å². The first kappa shape index (κ1) is 16.1. The summed E-state index contributed by atoms with van der Waals surface area (Å²) in [5.74, 6) is 1.03. The number of aromatic nitrogens is 3. The summed E-state index contributed by atoms with van der Waals surface area (Å²) in [7, 11) is 7.34. The van der Waals surface area contributed by atoms with E-state index in [9.17, 15) is 13.2 Å². The minimum atomic E-state index is -4.41. The van der Waals surface area contributed by atoms with Gasteiger partial charge in [0.05, 0.1) is 5.56 Å². The number of fused-ring (bicyclic) bond motifs is 1. The van der Waals surface area contributed by atoms with Gasteiger partial charge in [0.2, 0.25) is 0 Å². The molecule has 0 radical (unpaired) electrons. The van der Waals surface area contributed by atoms with E-state index in [0.717, 1.165) is 12.3 Å². The maximum absolute atomic E-state index is 12.8. The fourth-order valence-corrected chi connectivity index (χ4v) is 2.04. The third-order valence-corrected chi connectivity index (χ3v) is 2.96. The molecule has 22 heavy (non-hydrogen) atoms. The van der Waals surface area contributed by atoms with Gasteiger partial charge in [-0.2, -0.15) is 13.2 Å². The predicted octanol–water partition coefficient (Wildman–Crippen LogP) is 1.73. The highest BCUT2D eigenvalue weighted by Crippen LogP contribution is 2.29. The number of hydrogen-bond donors (Lipinski definition) is 0. The van der Waals surface area contributed by atoms with Gasteiger partial charge in [0.1, 0.15) is 6.54 Å². The Labute approximate surface area is 125 Å². The van der Waals surface area contributed by atoms with Gasteiger partial charge in [0.15, 0.2) is 17.4 Å². The van der Waals surface area contributed by atoms with Crippen LogP contribution in [0.5, 0.6) is 0 Å². The van der Waals surface area contributed by atoms with Crippen LogP contribution in [0.25, 0.3) is 5.65 Å². The minimum Gasteiger partial charge on any atom is -0.349 e. The standard InChI is InChI=1S/C13H17F3N6/c1-20(2)12(21(3)4)17-7-11-19-18-10-6-5-9(8-22(10)11)13(14,15)16/h5-6,8H,7H2,1-4H3. The van der Waals surface area contributed by atoms with E-state index < -0.39 is 11.7 Å². The first-order valence-electron chi connectivity index (χ1n) is 6.50. The van der Waals surface area contributed by atoms with Crippen molar-refractivity contribution in [3.8, 4) is 0 Å². The summed E-state index contributed by atoms with van der Waals surface area (Å²) in [4.78, 5) is 7.99. The monoisotopic (exact) mass is 314 g/mol. The van der Waals surface area contributed by atoms with Crippen molar-refractivity contribution < 1.29 is 13.2 Å². The van der Waals surface area contributed by atoms with Crippen LogP contribution in [-0.4, -0.2) is 58.5 Å². The maximum Gasteiger partial charge on any atom is 0.417 e. The molecular formula is C13H17F3N6. The molecule has 6 nitrogen and oxygen atoms in total. The summed E-state index contributed by atoms with van der Waals surface area (Å²) in [5.41, 5.74) is -0.389. The Morgan fingerprint density at radius 1 is 1.14 bits per heavy atom. The highest BCUT2D eigenvalue weighted by atomic mass is 19.4. The number of alkyl halides is 3. The van der Waals surface area contributed by atoms with Crippen molar-refractivity contribution in [2.45, 2.75) is 12.7 Å². The molecule has 0 N–H and O–H groups in total.